The first-order valence-corrected chi connectivity index (χ1v) is 11.2. The lowest BCUT2D eigenvalue weighted by atomic mass is 10.0. The number of hydrogen-bond donors (Lipinski definition) is 0. The lowest BCUT2D eigenvalue weighted by Crippen LogP contribution is -2.49. The van der Waals surface area contributed by atoms with E-state index in [2.05, 4.69) is 33.3 Å². The van der Waals surface area contributed by atoms with Crippen LogP contribution in [-0.2, 0) is 0 Å². The van der Waals surface area contributed by atoms with Gasteiger partial charge < -0.3 is 9.80 Å². The van der Waals surface area contributed by atoms with Crippen LogP contribution in [0.3, 0.4) is 0 Å². The highest BCUT2D eigenvalue weighted by Crippen LogP contribution is 2.28. The number of fused-ring (bicyclic) bond motifs is 1. The van der Waals surface area contributed by atoms with Crippen LogP contribution >= 0.6 is 11.6 Å². The summed E-state index contributed by atoms with van der Waals surface area (Å²) in [5.74, 6) is 0.426. The van der Waals surface area contributed by atoms with Crippen molar-refractivity contribution < 1.29 is 9.72 Å². The van der Waals surface area contributed by atoms with Crippen LogP contribution in [0.2, 0.25) is 5.02 Å². The summed E-state index contributed by atoms with van der Waals surface area (Å²) in [6.07, 6.45) is 0. The van der Waals surface area contributed by atoms with Crippen molar-refractivity contribution in [2.45, 2.75) is 0 Å². The molecule has 4 aromatic rings. The number of aromatic nitrogens is 2. The fourth-order valence-electron chi connectivity index (χ4n) is 4.19. The molecule has 8 nitrogen and oxygen atoms in total. The number of amides is 1. The molecule has 9 heteroatoms. The van der Waals surface area contributed by atoms with Gasteiger partial charge in [0.25, 0.3) is 11.6 Å². The number of benzene rings is 3. The smallest absolute Gasteiger partial charge is 0.270 e. The first-order chi connectivity index (χ1) is 16.5. The van der Waals surface area contributed by atoms with E-state index in [4.69, 9.17) is 11.6 Å². The van der Waals surface area contributed by atoms with E-state index in [0.717, 1.165) is 27.8 Å². The van der Waals surface area contributed by atoms with Gasteiger partial charge in [0.2, 0.25) is 0 Å². The van der Waals surface area contributed by atoms with Gasteiger partial charge in [0, 0.05) is 43.9 Å². The third-order valence-electron chi connectivity index (χ3n) is 6.00. The van der Waals surface area contributed by atoms with Crippen LogP contribution in [0.15, 0.2) is 72.8 Å². The number of rotatable bonds is 4. The Balaban J connectivity index is 1.29. The highest BCUT2D eigenvalue weighted by atomic mass is 35.5. The van der Waals surface area contributed by atoms with Gasteiger partial charge in [-0.3, -0.25) is 14.9 Å². The van der Waals surface area contributed by atoms with E-state index in [1.54, 1.807) is 4.90 Å². The van der Waals surface area contributed by atoms with Crippen molar-refractivity contribution in [2.24, 2.45) is 0 Å². The molecule has 1 saturated heterocycles. The molecule has 0 aliphatic carbocycles. The maximum absolute atomic E-state index is 12.9. The van der Waals surface area contributed by atoms with Gasteiger partial charge in [0.15, 0.2) is 5.82 Å². The largest absolute Gasteiger partial charge is 0.352 e. The van der Waals surface area contributed by atoms with Crippen LogP contribution in [0.25, 0.3) is 22.0 Å². The molecule has 0 atom stereocenters. The quantitative estimate of drug-likeness (QED) is 0.311. The van der Waals surface area contributed by atoms with Gasteiger partial charge in [-0.15, -0.1) is 10.2 Å². The number of nitrogens with zero attached hydrogens (tertiary/aromatic N) is 5. The average Bonchev–Trinajstić information content (AvgIpc) is 2.88. The Labute approximate surface area is 200 Å². The molecule has 5 rings (SSSR count). The maximum Gasteiger partial charge on any atom is 0.270 e. The highest BCUT2D eigenvalue weighted by molar-refractivity contribution is 6.34. The second-order valence-corrected chi connectivity index (χ2v) is 8.41. The van der Waals surface area contributed by atoms with Crippen molar-refractivity contribution in [3.63, 3.8) is 0 Å². The fourth-order valence-corrected chi connectivity index (χ4v) is 4.38. The van der Waals surface area contributed by atoms with Crippen molar-refractivity contribution in [1.29, 1.82) is 0 Å². The van der Waals surface area contributed by atoms with Crippen LogP contribution in [0.5, 0.6) is 0 Å². The van der Waals surface area contributed by atoms with Crippen molar-refractivity contribution in [2.75, 3.05) is 31.1 Å². The van der Waals surface area contributed by atoms with Gasteiger partial charge >= 0.3 is 0 Å². The molecule has 0 spiro atoms. The molecule has 0 unspecified atom stereocenters. The van der Waals surface area contributed by atoms with Gasteiger partial charge in [-0.25, -0.2) is 0 Å². The number of nitro groups is 1. The minimum atomic E-state index is -0.536. The average molecular weight is 474 g/mol. The lowest BCUT2D eigenvalue weighted by Gasteiger charge is -2.35. The van der Waals surface area contributed by atoms with E-state index in [-0.39, 0.29) is 22.2 Å². The van der Waals surface area contributed by atoms with E-state index in [1.807, 2.05) is 36.4 Å². The number of halogens is 1. The number of hydrogen-bond acceptors (Lipinski definition) is 6. The first-order valence-electron chi connectivity index (χ1n) is 10.8. The normalized spacial score (nSPS) is 13.8. The Morgan fingerprint density at radius 1 is 0.912 bits per heavy atom. The standard InChI is InChI=1S/C25H20ClN5O3/c26-22-9-8-18(31(33)34)16-21(22)25(32)30-14-12-29(13-15-30)24-11-10-23(27-28-24)20-7-3-5-17-4-1-2-6-19(17)20/h1-11,16H,12-15H2. The van der Waals surface area contributed by atoms with Gasteiger partial charge in [0.1, 0.15) is 0 Å². The minimum absolute atomic E-state index is 0.142. The van der Waals surface area contributed by atoms with Crippen LogP contribution < -0.4 is 4.90 Å². The summed E-state index contributed by atoms with van der Waals surface area (Å²) >= 11 is 6.14. The maximum atomic E-state index is 12.9. The number of anilines is 1. The molecule has 3 aromatic carbocycles. The molecular formula is C25H20ClN5O3. The zero-order chi connectivity index (χ0) is 23.7. The lowest BCUT2D eigenvalue weighted by molar-refractivity contribution is -0.384. The van der Waals surface area contributed by atoms with Crippen LogP contribution in [-0.4, -0.2) is 52.1 Å². The monoisotopic (exact) mass is 473 g/mol. The summed E-state index contributed by atoms with van der Waals surface area (Å²) in [6, 6.07) is 22.1. The van der Waals surface area contributed by atoms with Crippen LogP contribution in [0, 0.1) is 10.1 Å². The van der Waals surface area contributed by atoms with E-state index in [9.17, 15) is 14.9 Å². The number of nitro benzene ring substituents is 1. The minimum Gasteiger partial charge on any atom is -0.352 e. The molecule has 1 fully saturated rings. The Morgan fingerprint density at radius 3 is 2.41 bits per heavy atom. The third kappa shape index (κ3) is 4.15. The van der Waals surface area contributed by atoms with Crippen molar-refractivity contribution >= 4 is 39.8 Å². The van der Waals surface area contributed by atoms with E-state index in [1.165, 1.54) is 18.2 Å². The second kappa shape index (κ2) is 9.07. The molecule has 170 valence electrons. The van der Waals surface area contributed by atoms with E-state index < -0.39 is 4.92 Å². The third-order valence-corrected chi connectivity index (χ3v) is 6.33. The van der Waals surface area contributed by atoms with Gasteiger partial charge in [-0.2, -0.15) is 0 Å². The molecule has 1 amide bonds. The number of carbonyl (C=O) groups is 1. The molecule has 2 heterocycles. The fraction of sp³-hybridized carbons (Fsp3) is 0.160. The second-order valence-electron chi connectivity index (χ2n) is 8.00. The van der Waals surface area contributed by atoms with Gasteiger partial charge in [-0.1, -0.05) is 54.1 Å². The summed E-state index contributed by atoms with van der Waals surface area (Å²) in [7, 11) is 0. The van der Waals surface area contributed by atoms with Crippen LogP contribution in [0.4, 0.5) is 11.5 Å². The predicted molar refractivity (Wildman–Crippen MR) is 131 cm³/mol. The molecule has 0 radical (unpaired) electrons. The zero-order valence-electron chi connectivity index (χ0n) is 18.1. The zero-order valence-corrected chi connectivity index (χ0v) is 18.9. The Hall–Kier alpha value is -4.04. The Morgan fingerprint density at radius 2 is 1.68 bits per heavy atom. The van der Waals surface area contributed by atoms with E-state index >= 15 is 0 Å². The molecule has 0 N–H and O–H groups in total. The molecule has 1 aromatic heterocycles. The highest BCUT2D eigenvalue weighted by Gasteiger charge is 2.26. The van der Waals surface area contributed by atoms with E-state index in [0.29, 0.717) is 26.2 Å². The van der Waals surface area contributed by atoms with Gasteiger partial charge in [-0.05, 0) is 29.0 Å². The number of non-ortho nitro benzene ring substituents is 1. The SMILES string of the molecule is O=C(c1cc([N+](=O)[O-])ccc1Cl)N1CCN(c2ccc(-c3cccc4ccccc34)nn2)CC1. The number of carbonyl (C=O) groups excluding carboxylic acids is 1. The first kappa shape index (κ1) is 21.8. The summed E-state index contributed by atoms with van der Waals surface area (Å²) in [5.41, 5.74) is 1.81. The summed E-state index contributed by atoms with van der Waals surface area (Å²) in [6.45, 7) is 2.04. The van der Waals surface area contributed by atoms with Crippen molar-refractivity contribution in [1.82, 2.24) is 15.1 Å². The summed E-state index contributed by atoms with van der Waals surface area (Å²) < 4.78 is 0. The van der Waals surface area contributed by atoms with Crippen molar-refractivity contribution in [3.8, 4) is 11.3 Å². The molecule has 0 saturated carbocycles. The van der Waals surface area contributed by atoms with Crippen LogP contribution in [0.1, 0.15) is 10.4 Å². The Bertz CT molecular complexity index is 1380. The molecule has 34 heavy (non-hydrogen) atoms. The summed E-state index contributed by atoms with van der Waals surface area (Å²) in [4.78, 5) is 27.2. The molecule has 1 aliphatic rings. The molecule has 0 bridgehead atoms. The molecular weight excluding hydrogens is 454 g/mol. The Kier molecular flexibility index (Phi) is 5.81. The van der Waals surface area contributed by atoms with Crippen molar-refractivity contribution in [3.05, 3.63) is 93.5 Å². The topological polar surface area (TPSA) is 92.5 Å². The predicted octanol–water partition coefficient (Wildman–Crippen LogP) is 4.82. The number of piperazine rings is 1. The van der Waals surface area contributed by atoms with Gasteiger partial charge in [0.05, 0.1) is 21.2 Å². The molecule has 1 aliphatic heterocycles. The summed E-state index contributed by atoms with van der Waals surface area (Å²) in [5, 5.41) is 22.4.